The van der Waals surface area contributed by atoms with Gasteiger partial charge in [0.2, 0.25) is 0 Å². The maximum atomic E-state index is 5.10. The lowest BCUT2D eigenvalue weighted by atomic mass is 10.0. The van der Waals surface area contributed by atoms with Crippen molar-refractivity contribution in [2.45, 2.75) is 290 Å². The number of hydrogen-bond acceptors (Lipinski definition) is 1. The van der Waals surface area contributed by atoms with Crippen LogP contribution >= 0.6 is 0 Å². The summed E-state index contributed by atoms with van der Waals surface area (Å²) in [5.41, 5.74) is 4.05. The summed E-state index contributed by atoms with van der Waals surface area (Å²) in [6, 6.07) is 4.69. The zero-order chi connectivity index (χ0) is 37.3. The molecule has 0 aromatic carbocycles. The molecular weight excluding hydrogens is 627 g/mol. The van der Waals surface area contributed by atoms with E-state index in [0.29, 0.717) is 0 Å². The first-order chi connectivity index (χ1) is 25.8. The van der Waals surface area contributed by atoms with Gasteiger partial charge in [-0.3, -0.25) is 4.98 Å². The molecule has 0 spiro atoms. The van der Waals surface area contributed by atoms with E-state index in [0.717, 1.165) is 12.8 Å². The van der Waals surface area contributed by atoms with Crippen molar-refractivity contribution in [1.29, 1.82) is 0 Å². The van der Waals surface area contributed by atoms with Gasteiger partial charge in [0.15, 0.2) is 0 Å². The maximum absolute atomic E-state index is 5.10. The lowest BCUT2D eigenvalue weighted by molar-refractivity contribution is 0.521. The van der Waals surface area contributed by atoms with Crippen molar-refractivity contribution >= 4 is 0 Å². The zero-order valence-corrected chi connectivity index (χ0v) is 36.4. The summed E-state index contributed by atoms with van der Waals surface area (Å²) in [6.45, 7) is 6.80. The van der Waals surface area contributed by atoms with Crippen LogP contribution in [-0.4, -0.2) is 4.98 Å². The topological polar surface area (TPSA) is 12.9 Å². The second-order valence-electron chi connectivity index (χ2n) is 17.1. The molecule has 1 nitrogen and oxygen atoms in total. The largest absolute Gasteiger partial charge is 0.258 e. The zero-order valence-electron chi connectivity index (χ0n) is 36.4. The summed E-state index contributed by atoms with van der Waals surface area (Å²) in [6.07, 6.45) is 62.4. The van der Waals surface area contributed by atoms with Crippen LogP contribution < -0.4 is 0 Å². The van der Waals surface area contributed by atoms with Crippen molar-refractivity contribution in [1.82, 2.24) is 4.98 Å². The van der Waals surface area contributed by atoms with Crippen molar-refractivity contribution in [3.8, 4) is 0 Å². The predicted octanol–water partition coefficient (Wildman–Crippen LogP) is 18.4. The molecule has 0 aliphatic carbocycles. The molecule has 1 radical (unpaired) electrons. The Morgan fingerprint density at radius 3 is 0.692 bits per heavy atom. The smallest absolute Gasteiger partial charge is 0.0409 e. The third-order valence-electron chi connectivity index (χ3n) is 11.9. The Morgan fingerprint density at radius 1 is 0.308 bits per heavy atom. The van der Waals surface area contributed by atoms with E-state index in [-0.39, 0.29) is 0 Å². The van der Waals surface area contributed by atoms with Gasteiger partial charge >= 0.3 is 0 Å². The van der Waals surface area contributed by atoms with Crippen LogP contribution in [0, 0.1) is 6.42 Å². The van der Waals surface area contributed by atoms with Gasteiger partial charge in [-0.25, -0.2) is 0 Å². The fraction of sp³-hybridized carbons (Fsp3) is 0.882. The minimum absolute atomic E-state index is 1.16. The normalized spacial score (nSPS) is 11.6. The minimum Gasteiger partial charge on any atom is -0.258 e. The Kier molecular flexibility index (Phi) is 39.1. The van der Waals surface area contributed by atoms with Crippen molar-refractivity contribution in [2.75, 3.05) is 0 Å². The van der Waals surface area contributed by atoms with Crippen LogP contribution in [0.25, 0.3) is 0 Å². The van der Waals surface area contributed by atoms with Gasteiger partial charge in [0.05, 0.1) is 0 Å². The third kappa shape index (κ3) is 34.9. The van der Waals surface area contributed by atoms with Gasteiger partial charge in [0.25, 0.3) is 0 Å². The number of hydrogen-bond donors (Lipinski definition) is 0. The van der Waals surface area contributed by atoms with E-state index >= 15 is 0 Å². The molecule has 0 bridgehead atoms. The Morgan fingerprint density at radius 2 is 0.500 bits per heavy atom. The van der Waals surface area contributed by atoms with Crippen LogP contribution in [0.5, 0.6) is 0 Å². The Labute approximate surface area is 329 Å². The van der Waals surface area contributed by atoms with Crippen LogP contribution in [0.4, 0.5) is 0 Å². The van der Waals surface area contributed by atoms with Crippen LogP contribution in [0.1, 0.15) is 295 Å². The van der Waals surface area contributed by atoms with Crippen LogP contribution in [0.3, 0.4) is 0 Å². The second-order valence-corrected chi connectivity index (χ2v) is 17.1. The molecule has 1 aromatic rings. The van der Waals surface area contributed by atoms with Crippen LogP contribution in [0.15, 0.2) is 12.1 Å². The molecule has 0 fully saturated rings. The first-order valence-corrected chi connectivity index (χ1v) is 24.6. The van der Waals surface area contributed by atoms with E-state index < -0.39 is 0 Å². The Balaban J connectivity index is 1.90. The number of pyridine rings is 1. The number of nitrogens with zero attached hydrogens (tertiary/aromatic N) is 1. The highest BCUT2D eigenvalue weighted by molar-refractivity contribution is 5.27. The molecule has 1 heteroatoms. The molecule has 0 saturated carbocycles. The monoisotopic (exact) mass is 723 g/mol. The minimum atomic E-state index is 1.16. The maximum Gasteiger partial charge on any atom is 0.0409 e. The number of rotatable bonds is 43. The first-order valence-electron chi connectivity index (χ1n) is 24.6. The quantitative estimate of drug-likeness (QED) is 0.0612. The summed E-state index contributed by atoms with van der Waals surface area (Å²) < 4.78 is 0. The summed E-state index contributed by atoms with van der Waals surface area (Å²) in [5.74, 6) is 0. The highest BCUT2D eigenvalue weighted by Gasteiger charge is 2.04. The van der Waals surface area contributed by atoms with Crippen LogP contribution in [0.2, 0.25) is 0 Å². The van der Waals surface area contributed by atoms with Gasteiger partial charge in [0, 0.05) is 11.4 Å². The molecule has 0 aliphatic heterocycles. The number of unbranched alkanes of at least 4 members (excludes halogenated alkanes) is 38. The molecule has 0 saturated heterocycles. The number of aromatic nitrogens is 1. The highest BCUT2D eigenvalue weighted by Crippen LogP contribution is 2.19. The Bertz CT molecular complexity index is 751. The molecule has 0 aliphatic rings. The number of aryl methyl sites for hydroxylation is 2. The lowest BCUT2D eigenvalue weighted by Gasteiger charge is -2.09. The molecule has 0 unspecified atom stereocenters. The van der Waals surface area contributed by atoms with Crippen molar-refractivity contribution < 1.29 is 0 Å². The summed E-state index contributed by atoms with van der Waals surface area (Å²) >= 11 is 0. The summed E-state index contributed by atoms with van der Waals surface area (Å²) in [5, 5.41) is 0. The van der Waals surface area contributed by atoms with E-state index in [2.05, 4.69) is 39.3 Å². The van der Waals surface area contributed by atoms with E-state index in [1.807, 2.05) is 0 Å². The van der Waals surface area contributed by atoms with E-state index in [9.17, 15) is 0 Å². The Hall–Kier alpha value is -0.850. The summed E-state index contributed by atoms with van der Waals surface area (Å²) in [7, 11) is 0. The lowest BCUT2D eigenvalue weighted by Crippen LogP contribution is -1.99. The molecule has 1 heterocycles. The van der Waals surface area contributed by atoms with Gasteiger partial charge < -0.3 is 0 Å². The molecule has 1 rings (SSSR count). The van der Waals surface area contributed by atoms with Crippen molar-refractivity contribution in [3.63, 3.8) is 0 Å². The molecule has 52 heavy (non-hydrogen) atoms. The average Bonchev–Trinajstić information content (AvgIpc) is 3.16. The average molecular weight is 723 g/mol. The SMILES string of the molecule is C[CH]c1cc(CCCCCCCCCCCCCCCCCCCCCC)nc(CCCCCCCCCCCCCCCCCCCCCC)c1. The predicted molar refractivity (Wildman–Crippen MR) is 237 cm³/mol. The standard InChI is InChI=1S/C51H96N/c1-4-7-9-11-13-15-17-19-21-23-25-27-29-31-33-35-37-39-41-43-45-50-47-49(6-3)48-51(52-50)46-44-42-40-38-36-34-32-30-28-26-24-22-20-18-16-14-12-10-8-5-2/h6,47-48H,4-5,7-46H2,1-3H3. The third-order valence-corrected chi connectivity index (χ3v) is 11.9. The molecule has 0 atom stereocenters. The van der Waals surface area contributed by atoms with Crippen molar-refractivity contribution in [2.24, 2.45) is 0 Å². The highest BCUT2D eigenvalue weighted by atomic mass is 14.7. The van der Waals surface area contributed by atoms with Crippen LogP contribution in [-0.2, 0) is 12.8 Å². The molecule has 0 amide bonds. The van der Waals surface area contributed by atoms with Crippen molar-refractivity contribution in [3.05, 3.63) is 35.5 Å². The fourth-order valence-corrected chi connectivity index (χ4v) is 8.22. The van der Waals surface area contributed by atoms with E-state index in [1.54, 1.807) is 0 Å². The second kappa shape index (κ2) is 41.3. The molecule has 0 N–H and O–H groups in total. The van der Waals surface area contributed by atoms with E-state index in [4.69, 9.17) is 4.98 Å². The van der Waals surface area contributed by atoms with Gasteiger partial charge in [0.1, 0.15) is 0 Å². The van der Waals surface area contributed by atoms with Gasteiger partial charge in [-0.05, 0) is 49.8 Å². The first kappa shape index (κ1) is 49.2. The van der Waals surface area contributed by atoms with Gasteiger partial charge in [-0.1, -0.05) is 265 Å². The molecule has 305 valence electrons. The summed E-state index contributed by atoms with van der Waals surface area (Å²) in [4.78, 5) is 5.10. The fourth-order valence-electron chi connectivity index (χ4n) is 8.22. The van der Waals surface area contributed by atoms with E-state index in [1.165, 1.54) is 274 Å². The van der Waals surface area contributed by atoms with Gasteiger partial charge in [-0.2, -0.15) is 0 Å². The molecule has 1 aromatic heterocycles. The molecular formula is C51H96N. The van der Waals surface area contributed by atoms with Gasteiger partial charge in [-0.15, -0.1) is 0 Å².